The maximum absolute atomic E-state index is 9.03. The van der Waals surface area contributed by atoms with Crippen molar-refractivity contribution >= 4 is 11.3 Å². The average molecular weight is 290 g/mol. The molecule has 1 unspecified atom stereocenters. The molecule has 2 rings (SSSR count). The maximum atomic E-state index is 9.03. The first-order valence-corrected chi connectivity index (χ1v) is 7.97. The highest BCUT2D eigenvalue weighted by atomic mass is 32.1. The van der Waals surface area contributed by atoms with Gasteiger partial charge in [-0.25, -0.2) is 4.98 Å². The third kappa shape index (κ3) is 4.71. The van der Waals surface area contributed by atoms with E-state index in [9.17, 15) is 0 Å². The normalized spacial score (nSPS) is 12.5. The van der Waals surface area contributed by atoms with Gasteiger partial charge in [0.05, 0.1) is 10.7 Å². The van der Waals surface area contributed by atoms with Crippen molar-refractivity contribution in [3.8, 4) is 0 Å². The van der Waals surface area contributed by atoms with E-state index < -0.39 is 0 Å². The molecule has 2 aromatic rings. The van der Waals surface area contributed by atoms with Gasteiger partial charge in [0.15, 0.2) is 0 Å². The summed E-state index contributed by atoms with van der Waals surface area (Å²) in [6.45, 7) is 3.19. The molecular formula is C16H22N2OS. The fraction of sp³-hybridized carbons (Fsp3) is 0.438. The van der Waals surface area contributed by atoms with Gasteiger partial charge in [-0.2, -0.15) is 0 Å². The van der Waals surface area contributed by atoms with Gasteiger partial charge < -0.3 is 10.4 Å². The predicted molar refractivity (Wildman–Crippen MR) is 84.1 cm³/mol. The lowest BCUT2D eigenvalue weighted by atomic mass is 10.0. The topological polar surface area (TPSA) is 45.2 Å². The molecule has 1 aromatic heterocycles. The third-order valence-electron chi connectivity index (χ3n) is 3.29. The number of thiazole rings is 1. The number of hydrogen-bond acceptors (Lipinski definition) is 4. The SMILES string of the molecule is Cc1nc(CCNC(CCCO)c2ccccc2)cs1. The van der Waals surface area contributed by atoms with Crippen molar-refractivity contribution in [1.82, 2.24) is 10.3 Å². The van der Waals surface area contributed by atoms with Crippen molar-refractivity contribution in [2.75, 3.05) is 13.2 Å². The summed E-state index contributed by atoms with van der Waals surface area (Å²) in [6, 6.07) is 10.7. The van der Waals surface area contributed by atoms with Crippen molar-refractivity contribution in [2.24, 2.45) is 0 Å². The smallest absolute Gasteiger partial charge is 0.0897 e. The second-order valence-electron chi connectivity index (χ2n) is 4.89. The fourth-order valence-electron chi connectivity index (χ4n) is 2.26. The van der Waals surface area contributed by atoms with Crippen LogP contribution in [-0.2, 0) is 6.42 Å². The summed E-state index contributed by atoms with van der Waals surface area (Å²) in [6.07, 6.45) is 2.73. The van der Waals surface area contributed by atoms with Crippen LogP contribution in [0, 0.1) is 6.92 Å². The van der Waals surface area contributed by atoms with E-state index in [0.717, 1.165) is 36.5 Å². The molecule has 0 aliphatic rings. The van der Waals surface area contributed by atoms with Crippen LogP contribution >= 0.6 is 11.3 Å². The number of aliphatic hydroxyl groups excluding tert-OH is 1. The highest BCUT2D eigenvalue weighted by Gasteiger charge is 2.10. The zero-order valence-electron chi connectivity index (χ0n) is 11.9. The highest BCUT2D eigenvalue weighted by Crippen LogP contribution is 2.18. The summed E-state index contributed by atoms with van der Waals surface area (Å²) in [5.74, 6) is 0. The summed E-state index contributed by atoms with van der Waals surface area (Å²) >= 11 is 1.70. The van der Waals surface area contributed by atoms with Gasteiger partial charge in [0.25, 0.3) is 0 Å². The van der Waals surface area contributed by atoms with Gasteiger partial charge in [-0.3, -0.25) is 0 Å². The van der Waals surface area contributed by atoms with Gasteiger partial charge in [0.1, 0.15) is 0 Å². The number of aliphatic hydroxyl groups is 1. The van der Waals surface area contributed by atoms with E-state index in [0.29, 0.717) is 6.04 Å². The number of aromatic nitrogens is 1. The second-order valence-corrected chi connectivity index (χ2v) is 5.95. The molecule has 0 amide bonds. The van der Waals surface area contributed by atoms with E-state index >= 15 is 0 Å². The molecule has 1 aromatic carbocycles. The minimum absolute atomic E-state index is 0.246. The Morgan fingerprint density at radius 1 is 1.30 bits per heavy atom. The van der Waals surface area contributed by atoms with Gasteiger partial charge in [-0.15, -0.1) is 11.3 Å². The van der Waals surface area contributed by atoms with Crippen LogP contribution in [-0.4, -0.2) is 23.2 Å². The van der Waals surface area contributed by atoms with E-state index in [1.165, 1.54) is 5.56 Å². The minimum atomic E-state index is 0.246. The molecule has 2 N–H and O–H groups in total. The molecular weight excluding hydrogens is 268 g/mol. The van der Waals surface area contributed by atoms with Gasteiger partial charge in [0.2, 0.25) is 0 Å². The Kier molecular flexibility index (Phi) is 6.18. The van der Waals surface area contributed by atoms with Crippen LogP contribution in [0.25, 0.3) is 0 Å². The molecule has 0 aliphatic heterocycles. The van der Waals surface area contributed by atoms with Crippen LogP contribution in [0.5, 0.6) is 0 Å². The lowest BCUT2D eigenvalue weighted by Crippen LogP contribution is -2.24. The summed E-state index contributed by atoms with van der Waals surface area (Å²) in [5, 5.41) is 15.9. The summed E-state index contributed by atoms with van der Waals surface area (Å²) in [7, 11) is 0. The van der Waals surface area contributed by atoms with E-state index in [1.807, 2.05) is 13.0 Å². The van der Waals surface area contributed by atoms with E-state index in [-0.39, 0.29) is 6.61 Å². The number of nitrogens with one attached hydrogen (secondary N) is 1. The molecule has 0 saturated carbocycles. The molecule has 20 heavy (non-hydrogen) atoms. The molecule has 1 atom stereocenters. The number of hydrogen-bond donors (Lipinski definition) is 2. The van der Waals surface area contributed by atoms with E-state index in [2.05, 4.69) is 39.9 Å². The molecule has 3 nitrogen and oxygen atoms in total. The zero-order chi connectivity index (χ0) is 14.2. The van der Waals surface area contributed by atoms with Gasteiger partial charge >= 0.3 is 0 Å². The fourth-order valence-corrected chi connectivity index (χ4v) is 2.91. The average Bonchev–Trinajstić information content (AvgIpc) is 2.89. The Hall–Kier alpha value is -1.23. The minimum Gasteiger partial charge on any atom is -0.396 e. The van der Waals surface area contributed by atoms with Gasteiger partial charge in [-0.05, 0) is 25.3 Å². The lowest BCUT2D eigenvalue weighted by Gasteiger charge is -2.18. The quantitative estimate of drug-likeness (QED) is 0.785. The molecule has 0 radical (unpaired) electrons. The van der Waals surface area contributed by atoms with Crippen LogP contribution in [0.3, 0.4) is 0 Å². The summed E-state index contributed by atoms with van der Waals surface area (Å²) in [5.41, 5.74) is 2.45. The van der Waals surface area contributed by atoms with Crippen molar-refractivity contribution < 1.29 is 5.11 Å². The van der Waals surface area contributed by atoms with Crippen LogP contribution in [0.1, 0.15) is 35.1 Å². The Labute approximate surface area is 124 Å². The number of aryl methyl sites for hydroxylation is 1. The Balaban J connectivity index is 1.87. The zero-order valence-corrected chi connectivity index (χ0v) is 12.7. The number of nitrogens with zero attached hydrogens (tertiary/aromatic N) is 1. The Morgan fingerprint density at radius 3 is 2.75 bits per heavy atom. The molecule has 108 valence electrons. The molecule has 0 saturated heterocycles. The summed E-state index contributed by atoms with van der Waals surface area (Å²) in [4.78, 5) is 4.48. The summed E-state index contributed by atoms with van der Waals surface area (Å²) < 4.78 is 0. The largest absolute Gasteiger partial charge is 0.396 e. The van der Waals surface area contributed by atoms with Crippen LogP contribution in [0.15, 0.2) is 35.7 Å². The van der Waals surface area contributed by atoms with E-state index in [4.69, 9.17) is 5.11 Å². The highest BCUT2D eigenvalue weighted by molar-refractivity contribution is 7.09. The van der Waals surface area contributed by atoms with Crippen LogP contribution in [0.2, 0.25) is 0 Å². The lowest BCUT2D eigenvalue weighted by molar-refractivity contribution is 0.275. The first kappa shape index (κ1) is 15.2. The first-order valence-electron chi connectivity index (χ1n) is 7.10. The molecule has 0 bridgehead atoms. The molecule has 0 spiro atoms. The van der Waals surface area contributed by atoms with Crippen molar-refractivity contribution in [2.45, 2.75) is 32.2 Å². The first-order chi connectivity index (χ1) is 9.79. The van der Waals surface area contributed by atoms with Crippen molar-refractivity contribution in [3.05, 3.63) is 52.0 Å². The molecule has 1 heterocycles. The Morgan fingerprint density at radius 2 is 2.10 bits per heavy atom. The van der Waals surface area contributed by atoms with Gasteiger partial charge in [0, 0.05) is 31.0 Å². The van der Waals surface area contributed by atoms with Crippen LogP contribution < -0.4 is 5.32 Å². The standard InChI is InChI=1S/C16H22N2OS/c1-13-18-15(12-20-13)9-10-17-16(8-5-11-19)14-6-3-2-4-7-14/h2-4,6-7,12,16-17,19H,5,8-11H2,1H3. The third-order valence-corrected chi connectivity index (χ3v) is 4.11. The molecule has 0 fully saturated rings. The maximum Gasteiger partial charge on any atom is 0.0897 e. The molecule has 4 heteroatoms. The van der Waals surface area contributed by atoms with Crippen molar-refractivity contribution in [3.63, 3.8) is 0 Å². The Bertz CT molecular complexity index is 498. The number of benzene rings is 1. The monoisotopic (exact) mass is 290 g/mol. The van der Waals surface area contributed by atoms with Crippen LogP contribution in [0.4, 0.5) is 0 Å². The van der Waals surface area contributed by atoms with Crippen molar-refractivity contribution in [1.29, 1.82) is 0 Å². The number of rotatable bonds is 8. The van der Waals surface area contributed by atoms with E-state index in [1.54, 1.807) is 11.3 Å². The predicted octanol–water partition coefficient (Wildman–Crippen LogP) is 3.10. The van der Waals surface area contributed by atoms with Gasteiger partial charge in [-0.1, -0.05) is 30.3 Å². The second kappa shape index (κ2) is 8.15. The molecule has 0 aliphatic carbocycles.